The Morgan fingerprint density at radius 2 is 2.21 bits per heavy atom. The van der Waals surface area contributed by atoms with Crippen LogP contribution in [-0.4, -0.2) is 32.0 Å². The molecule has 1 atom stereocenters. The largest absolute Gasteiger partial charge is 0.303 e. The molecule has 0 N–H and O–H groups in total. The van der Waals surface area contributed by atoms with E-state index in [4.69, 9.17) is 11.6 Å². The van der Waals surface area contributed by atoms with Gasteiger partial charge >= 0.3 is 0 Å². The van der Waals surface area contributed by atoms with Crippen LogP contribution in [-0.2, 0) is 14.6 Å². The lowest BCUT2D eigenvalue weighted by molar-refractivity contribution is -0.116. The van der Waals surface area contributed by atoms with Gasteiger partial charge in [-0.1, -0.05) is 12.1 Å². The first-order valence-corrected chi connectivity index (χ1v) is 8.03. The zero-order valence-corrected chi connectivity index (χ0v) is 12.0. The fourth-order valence-electron chi connectivity index (χ4n) is 2.08. The summed E-state index contributed by atoms with van der Waals surface area (Å²) in [4.78, 5) is 13.4. The van der Waals surface area contributed by atoms with E-state index in [-0.39, 0.29) is 17.5 Å². The second kappa shape index (κ2) is 5.35. The van der Waals surface area contributed by atoms with Crippen molar-refractivity contribution in [1.82, 2.24) is 0 Å². The maximum Gasteiger partial charge on any atom is 0.242 e. The van der Waals surface area contributed by atoms with Crippen LogP contribution < -0.4 is 4.90 Å². The number of nitrogens with zero attached hydrogens (tertiary/aromatic N) is 1. The predicted molar refractivity (Wildman–Crippen MR) is 76.1 cm³/mol. The van der Waals surface area contributed by atoms with Crippen molar-refractivity contribution in [3.05, 3.63) is 41.3 Å². The van der Waals surface area contributed by atoms with Crippen LogP contribution in [0.1, 0.15) is 5.56 Å². The minimum Gasteiger partial charge on any atom is -0.303 e. The third-order valence-corrected chi connectivity index (χ3v) is 4.51. The third-order valence-electron chi connectivity index (χ3n) is 2.91. The lowest BCUT2D eigenvalue weighted by atomic mass is 10.1. The molecule has 1 heterocycles. The highest BCUT2D eigenvalue weighted by Gasteiger charge is 2.30. The number of amides is 1. The number of rotatable bonds is 3. The number of carbonyl (C=O) groups is 1. The lowest BCUT2D eigenvalue weighted by Crippen LogP contribution is -2.42. The summed E-state index contributed by atoms with van der Waals surface area (Å²) < 4.78 is 23.0. The van der Waals surface area contributed by atoms with Crippen LogP contribution in [0.25, 0.3) is 0 Å². The molecule has 6 heteroatoms. The summed E-state index contributed by atoms with van der Waals surface area (Å²) in [7, 11) is -3.22. The van der Waals surface area contributed by atoms with Gasteiger partial charge in [0.2, 0.25) is 5.91 Å². The van der Waals surface area contributed by atoms with Gasteiger partial charge in [-0.25, -0.2) is 8.42 Å². The molecule has 102 valence electrons. The van der Waals surface area contributed by atoms with Gasteiger partial charge in [0.25, 0.3) is 0 Å². The molecule has 1 amide bonds. The smallest absolute Gasteiger partial charge is 0.242 e. The maximum absolute atomic E-state index is 12.0. The number of hydrogen-bond acceptors (Lipinski definition) is 3. The molecule has 0 saturated heterocycles. The van der Waals surface area contributed by atoms with E-state index >= 15 is 0 Å². The van der Waals surface area contributed by atoms with Crippen molar-refractivity contribution in [1.29, 1.82) is 0 Å². The molecule has 4 nitrogen and oxygen atoms in total. The van der Waals surface area contributed by atoms with E-state index in [1.165, 1.54) is 11.0 Å². The first-order valence-electron chi connectivity index (χ1n) is 5.78. The summed E-state index contributed by atoms with van der Waals surface area (Å²) in [6.45, 7) is 1.91. The number of hydrogen-bond donors (Lipinski definition) is 0. The summed E-state index contributed by atoms with van der Waals surface area (Å²) >= 11 is 5.62. The Bertz CT molecular complexity index is 625. The standard InChI is InChI=1S/C13H14ClNO3S/c1-10-3-2-4-11(7-10)15(13(16)8-14)12-5-6-19(17,18)9-12/h2-7,12H,8-9H2,1H3/t12-/m1/s1. The first kappa shape index (κ1) is 14.1. The Morgan fingerprint density at radius 1 is 1.47 bits per heavy atom. The zero-order chi connectivity index (χ0) is 14.0. The van der Waals surface area contributed by atoms with Gasteiger partial charge < -0.3 is 4.90 Å². The molecule has 1 aromatic rings. The number of sulfone groups is 1. The molecule has 1 aromatic carbocycles. The van der Waals surface area contributed by atoms with E-state index in [0.717, 1.165) is 11.0 Å². The number of alkyl halides is 1. The molecule has 19 heavy (non-hydrogen) atoms. The highest BCUT2D eigenvalue weighted by atomic mass is 35.5. The van der Waals surface area contributed by atoms with E-state index in [1.54, 1.807) is 6.07 Å². The predicted octanol–water partition coefficient (Wildman–Crippen LogP) is 1.88. The van der Waals surface area contributed by atoms with E-state index in [1.807, 2.05) is 25.1 Å². The Labute approximate surface area is 117 Å². The van der Waals surface area contributed by atoms with Gasteiger partial charge in [0.05, 0.1) is 11.8 Å². The van der Waals surface area contributed by atoms with Crippen LogP contribution in [0.4, 0.5) is 5.69 Å². The maximum atomic E-state index is 12.0. The van der Waals surface area contributed by atoms with Gasteiger partial charge in [-0.15, -0.1) is 11.6 Å². The number of halogens is 1. The summed E-state index contributed by atoms with van der Waals surface area (Å²) in [6, 6.07) is 6.86. The van der Waals surface area contributed by atoms with Crippen LogP contribution in [0.15, 0.2) is 35.7 Å². The Hall–Kier alpha value is -1.33. The molecule has 1 aliphatic heterocycles. The molecule has 2 rings (SSSR count). The summed E-state index contributed by atoms with van der Waals surface area (Å²) in [5, 5.41) is 1.15. The molecule has 0 bridgehead atoms. The fraction of sp³-hybridized carbons (Fsp3) is 0.308. The van der Waals surface area contributed by atoms with Gasteiger partial charge in [0.1, 0.15) is 5.88 Å². The zero-order valence-electron chi connectivity index (χ0n) is 10.4. The Kier molecular flexibility index (Phi) is 3.96. The van der Waals surface area contributed by atoms with Crippen molar-refractivity contribution >= 4 is 33.0 Å². The minimum atomic E-state index is -3.22. The van der Waals surface area contributed by atoms with E-state index in [0.29, 0.717) is 5.69 Å². The average molecular weight is 300 g/mol. The second-order valence-corrected chi connectivity index (χ2v) is 6.66. The van der Waals surface area contributed by atoms with E-state index < -0.39 is 15.9 Å². The molecular weight excluding hydrogens is 286 g/mol. The minimum absolute atomic E-state index is 0.0937. The molecule has 0 aliphatic carbocycles. The van der Waals surface area contributed by atoms with Crippen molar-refractivity contribution < 1.29 is 13.2 Å². The Balaban J connectivity index is 2.38. The topological polar surface area (TPSA) is 54.5 Å². The van der Waals surface area contributed by atoms with Crippen molar-refractivity contribution in [3.63, 3.8) is 0 Å². The molecule has 0 unspecified atom stereocenters. The highest BCUT2D eigenvalue weighted by Crippen LogP contribution is 2.24. The average Bonchev–Trinajstić information content (AvgIpc) is 2.69. The van der Waals surface area contributed by atoms with Crippen molar-refractivity contribution in [2.75, 3.05) is 16.5 Å². The second-order valence-electron chi connectivity index (χ2n) is 4.46. The fourth-order valence-corrected chi connectivity index (χ4v) is 3.48. The van der Waals surface area contributed by atoms with Gasteiger partial charge in [-0.2, -0.15) is 0 Å². The molecule has 1 aliphatic rings. The number of benzene rings is 1. The van der Waals surface area contributed by atoms with Gasteiger partial charge in [0.15, 0.2) is 9.84 Å². The van der Waals surface area contributed by atoms with Crippen molar-refractivity contribution in [3.8, 4) is 0 Å². The van der Waals surface area contributed by atoms with Crippen molar-refractivity contribution in [2.45, 2.75) is 13.0 Å². The summed E-state index contributed by atoms with van der Waals surface area (Å²) in [5.74, 6) is -0.582. The summed E-state index contributed by atoms with van der Waals surface area (Å²) in [5.41, 5.74) is 1.66. The quantitative estimate of drug-likeness (QED) is 0.801. The monoisotopic (exact) mass is 299 g/mol. The van der Waals surface area contributed by atoms with Gasteiger partial charge in [-0.05, 0) is 30.7 Å². The van der Waals surface area contributed by atoms with Crippen molar-refractivity contribution in [2.24, 2.45) is 0 Å². The number of carbonyl (C=O) groups excluding carboxylic acids is 1. The summed E-state index contributed by atoms with van der Waals surface area (Å²) in [6.07, 6.45) is 1.53. The van der Waals surface area contributed by atoms with Crippen LogP contribution in [0.5, 0.6) is 0 Å². The molecule has 0 spiro atoms. The molecule has 0 aromatic heterocycles. The van der Waals surface area contributed by atoms with Crippen LogP contribution in [0, 0.1) is 6.92 Å². The van der Waals surface area contributed by atoms with Crippen LogP contribution >= 0.6 is 11.6 Å². The Morgan fingerprint density at radius 3 is 2.74 bits per heavy atom. The van der Waals surface area contributed by atoms with Crippen LogP contribution in [0.3, 0.4) is 0 Å². The third kappa shape index (κ3) is 3.16. The molecule has 0 fully saturated rings. The van der Waals surface area contributed by atoms with Gasteiger partial charge in [0, 0.05) is 11.1 Å². The molecule has 0 radical (unpaired) electrons. The van der Waals surface area contributed by atoms with E-state index in [9.17, 15) is 13.2 Å². The normalized spacial score (nSPS) is 20.4. The number of anilines is 1. The highest BCUT2D eigenvalue weighted by molar-refractivity contribution is 7.94. The van der Waals surface area contributed by atoms with Gasteiger partial charge in [-0.3, -0.25) is 4.79 Å². The SMILES string of the molecule is Cc1cccc(N(C(=O)CCl)[C@@H]2C=CS(=O)(=O)C2)c1. The number of aryl methyl sites for hydroxylation is 1. The van der Waals surface area contributed by atoms with Crippen LogP contribution in [0.2, 0.25) is 0 Å². The molecular formula is C13H14ClNO3S. The lowest BCUT2D eigenvalue weighted by Gasteiger charge is -2.27. The first-order chi connectivity index (χ1) is 8.93. The van der Waals surface area contributed by atoms with E-state index in [2.05, 4.69) is 0 Å². The molecule has 0 saturated carbocycles.